The molecule has 0 saturated carbocycles. The second kappa shape index (κ2) is 10.2. The van der Waals surface area contributed by atoms with Crippen molar-refractivity contribution in [2.24, 2.45) is 7.05 Å². The van der Waals surface area contributed by atoms with Crippen LogP contribution < -0.4 is 30.8 Å². The fourth-order valence-corrected chi connectivity index (χ4v) is 4.06. The minimum Gasteiger partial charge on any atom is -0.495 e. The number of carbonyl (C=O) groups is 1. The van der Waals surface area contributed by atoms with Crippen molar-refractivity contribution >= 4 is 40.8 Å². The van der Waals surface area contributed by atoms with Gasteiger partial charge in [0, 0.05) is 6.07 Å². The highest BCUT2D eigenvalue weighted by Crippen LogP contribution is 2.36. The monoisotopic (exact) mass is 502 g/mol. The van der Waals surface area contributed by atoms with Gasteiger partial charge in [0.25, 0.3) is 0 Å². The zero-order valence-electron chi connectivity index (χ0n) is 18.1. The molecule has 0 atom stereocenters. The number of nitrogens with two attached hydrogens (primary N) is 1. The summed E-state index contributed by atoms with van der Waals surface area (Å²) in [7, 11) is 4.34. The van der Waals surface area contributed by atoms with Crippen molar-refractivity contribution < 1.29 is 23.5 Å². The van der Waals surface area contributed by atoms with E-state index in [1.54, 1.807) is 0 Å². The summed E-state index contributed by atoms with van der Waals surface area (Å²) < 4.78 is 16.3. The quantitative estimate of drug-likeness (QED) is 0.316. The standard InChI is InChI=1S/C20H16ClN7O5S/c1-28-17(20(30)33-27-28)16-9(6-22)18(24)26-19(10(16)7-23)34-8-15(29)25-12-4-11(21)13(31-2)5-14(12)32-3/h4-5H,8H2,1-3H3,(H3-,24,25,26,27,29,30)/p+1. The number of rotatable bonds is 7. The van der Waals surface area contributed by atoms with E-state index in [4.69, 9.17) is 31.3 Å². The number of benzene rings is 1. The SMILES string of the molecule is COc1cc(OC)c(NC(=O)CSc2nc(N)c(C#N)c(-c3c(=O)o[nH][n+]3C)c2C#N)cc1Cl. The molecule has 0 radical (unpaired) electrons. The number of aryl methyl sites for hydroxylation is 1. The van der Waals surface area contributed by atoms with Crippen molar-refractivity contribution in [1.29, 1.82) is 10.5 Å². The zero-order valence-corrected chi connectivity index (χ0v) is 19.6. The van der Waals surface area contributed by atoms with Gasteiger partial charge < -0.3 is 20.5 Å². The van der Waals surface area contributed by atoms with Crippen LogP contribution in [-0.4, -0.2) is 36.1 Å². The van der Waals surface area contributed by atoms with Crippen LogP contribution in [0.15, 0.2) is 26.5 Å². The number of nitrogens with one attached hydrogen (secondary N) is 2. The molecule has 4 N–H and O–H groups in total. The molecule has 174 valence electrons. The van der Waals surface area contributed by atoms with Crippen molar-refractivity contribution in [1.82, 2.24) is 10.3 Å². The normalized spacial score (nSPS) is 10.3. The molecule has 1 aromatic carbocycles. The molecular formula is C20H17ClN7O5S+. The van der Waals surface area contributed by atoms with E-state index in [1.807, 2.05) is 12.1 Å². The number of aromatic amines is 1. The molecule has 2 aromatic heterocycles. The molecule has 0 saturated heterocycles. The van der Waals surface area contributed by atoms with Crippen molar-refractivity contribution in [2.75, 3.05) is 31.0 Å². The highest BCUT2D eigenvalue weighted by Gasteiger charge is 2.31. The van der Waals surface area contributed by atoms with Crippen LogP contribution in [0.3, 0.4) is 0 Å². The lowest BCUT2D eigenvalue weighted by Crippen LogP contribution is -2.34. The summed E-state index contributed by atoms with van der Waals surface area (Å²) in [6, 6.07) is 6.80. The predicted octanol–water partition coefficient (Wildman–Crippen LogP) is 1.58. The Kier molecular flexibility index (Phi) is 7.31. The average Bonchev–Trinajstić information content (AvgIpc) is 3.14. The van der Waals surface area contributed by atoms with Gasteiger partial charge in [-0.05, 0) is 11.3 Å². The third-order valence-corrected chi connectivity index (χ3v) is 5.82. The Balaban J connectivity index is 1.94. The fraction of sp³-hybridized carbons (Fsp3) is 0.200. The highest BCUT2D eigenvalue weighted by molar-refractivity contribution is 8.00. The number of pyridine rings is 1. The van der Waals surface area contributed by atoms with Crippen LogP contribution in [-0.2, 0) is 11.8 Å². The van der Waals surface area contributed by atoms with Crippen molar-refractivity contribution in [3.63, 3.8) is 0 Å². The predicted molar refractivity (Wildman–Crippen MR) is 121 cm³/mol. The first-order valence-corrected chi connectivity index (χ1v) is 10.7. The van der Waals surface area contributed by atoms with Crippen LogP contribution in [0.2, 0.25) is 5.02 Å². The third-order valence-electron chi connectivity index (χ3n) is 4.54. The Labute approximate surface area is 201 Å². The molecule has 0 fully saturated rings. The summed E-state index contributed by atoms with van der Waals surface area (Å²) in [6.45, 7) is 0. The van der Waals surface area contributed by atoms with Crippen LogP contribution in [0.1, 0.15) is 11.1 Å². The highest BCUT2D eigenvalue weighted by atomic mass is 35.5. The molecule has 14 heteroatoms. The van der Waals surface area contributed by atoms with Crippen molar-refractivity contribution in [2.45, 2.75) is 5.03 Å². The number of nitrogens with zero attached hydrogens (tertiary/aromatic N) is 4. The van der Waals surface area contributed by atoms with E-state index in [0.717, 1.165) is 11.8 Å². The number of ether oxygens (including phenoxy) is 2. The van der Waals surface area contributed by atoms with Gasteiger partial charge in [-0.2, -0.15) is 10.5 Å². The van der Waals surface area contributed by atoms with Crippen LogP contribution in [0.4, 0.5) is 11.5 Å². The van der Waals surface area contributed by atoms with Gasteiger partial charge in [0.2, 0.25) is 5.91 Å². The van der Waals surface area contributed by atoms with Gasteiger partial charge >= 0.3 is 11.3 Å². The molecule has 0 aliphatic carbocycles. The maximum atomic E-state index is 12.6. The summed E-state index contributed by atoms with van der Waals surface area (Å²) in [6.07, 6.45) is 0. The van der Waals surface area contributed by atoms with Crippen LogP contribution >= 0.6 is 23.4 Å². The molecule has 2 heterocycles. The first-order valence-electron chi connectivity index (χ1n) is 9.31. The van der Waals surface area contributed by atoms with Crippen LogP contribution in [0.25, 0.3) is 11.3 Å². The van der Waals surface area contributed by atoms with Crippen LogP contribution in [0, 0.1) is 22.7 Å². The van der Waals surface area contributed by atoms with Crippen LogP contribution in [0.5, 0.6) is 11.5 Å². The number of hydrogen-bond acceptors (Lipinski definition) is 10. The van der Waals surface area contributed by atoms with Gasteiger partial charge in [-0.1, -0.05) is 28.0 Å². The lowest BCUT2D eigenvalue weighted by Gasteiger charge is -2.13. The minimum absolute atomic E-state index is 0.0403. The number of H-pyrrole nitrogens is 1. The summed E-state index contributed by atoms with van der Waals surface area (Å²) in [4.78, 5) is 28.9. The van der Waals surface area contributed by atoms with E-state index in [-0.39, 0.29) is 44.0 Å². The summed E-state index contributed by atoms with van der Waals surface area (Å²) >= 11 is 7.03. The van der Waals surface area contributed by atoms with Gasteiger partial charge in [-0.25, -0.2) is 9.78 Å². The number of nitriles is 2. The summed E-state index contributed by atoms with van der Waals surface area (Å²) in [5.41, 5.74) is 5.03. The van der Waals surface area contributed by atoms with Gasteiger partial charge in [-0.15, -0.1) is 0 Å². The molecule has 1 amide bonds. The number of amides is 1. The van der Waals surface area contributed by atoms with Crippen molar-refractivity contribution in [3.05, 3.63) is 38.7 Å². The number of anilines is 2. The number of hydrogen-bond donors (Lipinski definition) is 3. The van der Waals surface area contributed by atoms with E-state index in [0.29, 0.717) is 17.2 Å². The fourth-order valence-electron chi connectivity index (χ4n) is 3.03. The number of thioether (sulfide) groups is 1. The second-order valence-corrected chi connectivity index (χ2v) is 7.93. The van der Waals surface area contributed by atoms with Gasteiger partial charge in [0.1, 0.15) is 45.6 Å². The van der Waals surface area contributed by atoms with Gasteiger partial charge in [0.05, 0.1) is 36.2 Å². The number of halogens is 1. The Morgan fingerprint density at radius 3 is 2.53 bits per heavy atom. The molecular weight excluding hydrogens is 486 g/mol. The number of methoxy groups -OCH3 is 2. The Hall–Kier alpha value is -4.20. The molecule has 0 spiro atoms. The lowest BCUT2D eigenvalue weighted by atomic mass is 10.0. The Morgan fingerprint density at radius 1 is 1.29 bits per heavy atom. The van der Waals surface area contributed by atoms with E-state index in [2.05, 4.69) is 15.6 Å². The smallest absolute Gasteiger partial charge is 0.435 e. The molecule has 0 unspecified atom stereocenters. The largest absolute Gasteiger partial charge is 0.495 e. The summed E-state index contributed by atoms with van der Waals surface area (Å²) in [5.74, 6) is -0.161. The molecule has 34 heavy (non-hydrogen) atoms. The van der Waals surface area contributed by atoms with E-state index >= 15 is 0 Å². The topological polar surface area (TPSA) is 184 Å². The number of carbonyl (C=O) groups excluding carboxylic acids is 1. The first kappa shape index (κ1) is 24.4. The molecule has 0 aliphatic rings. The third kappa shape index (κ3) is 4.61. The molecule has 3 aromatic rings. The number of aromatic nitrogens is 3. The Bertz CT molecular complexity index is 1420. The summed E-state index contributed by atoms with van der Waals surface area (Å²) in [5, 5.41) is 24.7. The first-order chi connectivity index (χ1) is 16.2. The average molecular weight is 503 g/mol. The van der Waals surface area contributed by atoms with Crippen molar-refractivity contribution in [3.8, 4) is 34.9 Å². The van der Waals surface area contributed by atoms with E-state index in [1.165, 1.54) is 38.1 Å². The lowest BCUT2D eigenvalue weighted by molar-refractivity contribution is -0.730. The zero-order chi connectivity index (χ0) is 25.0. The van der Waals surface area contributed by atoms with E-state index < -0.39 is 11.5 Å². The molecule has 3 rings (SSSR count). The Morgan fingerprint density at radius 2 is 1.97 bits per heavy atom. The second-order valence-electron chi connectivity index (χ2n) is 6.56. The minimum atomic E-state index is -0.807. The number of nitrogen functional groups attached to an aromatic ring is 1. The van der Waals surface area contributed by atoms with E-state index in [9.17, 15) is 20.1 Å². The maximum absolute atomic E-state index is 12.6. The molecule has 0 aliphatic heterocycles. The van der Waals surface area contributed by atoms with Gasteiger partial charge in [0.15, 0.2) is 7.05 Å². The molecule has 0 bridgehead atoms. The molecule has 12 nitrogen and oxygen atoms in total. The maximum Gasteiger partial charge on any atom is 0.435 e. The van der Waals surface area contributed by atoms with Gasteiger partial charge in [-0.3, -0.25) is 9.32 Å².